The lowest BCUT2D eigenvalue weighted by atomic mass is 9.98. The molecule has 0 bridgehead atoms. The van der Waals surface area contributed by atoms with Crippen molar-refractivity contribution in [1.82, 2.24) is 5.32 Å². The molecule has 2 N–H and O–H groups in total. The highest BCUT2D eigenvalue weighted by Gasteiger charge is 2.13. The standard InChI is InChI=1S/C14H22N2/c1-3-11(2)12-4-6-13(7-5-12)16-14-8-9-15-10-14/h4-7,11,14-16H,3,8-10H2,1-2H3. The highest BCUT2D eigenvalue weighted by Crippen LogP contribution is 2.21. The second-order valence-corrected chi connectivity index (χ2v) is 4.77. The Morgan fingerprint density at radius 1 is 1.38 bits per heavy atom. The Morgan fingerprint density at radius 3 is 2.69 bits per heavy atom. The number of anilines is 1. The van der Waals surface area contributed by atoms with Gasteiger partial charge in [0.1, 0.15) is 0 Å². The topological polar surface area (TPSA) is 24.1 Å². The Balaban J connectivity index is 1.96. The zero-order chi connectivity index (χ0) is 11.4. The molecule has 0 saturated carbocycles. The van der Waals surface area contributed by atoms with Gasteiger partial charge in [0.25, 0.3) is 0 Å². The molecule has 1 saturated heterocycles. The van der Waals surface area contributed by atoms with Crippen molar-refractivity contribution in [2.45, 2.75) is 38.6 Å². The Hall–Kier alpha value is -1.02. The van der Waals surface area contributed by atoms with Crippen LogP contribution in [0.25, 0.3) is 0 Å². The highest BCUT2D eigenvalue weighted by atomic mass is 15.0. The van der Waals surface area contributed by atoms with Gasteiger partial charge in [0.05, 0.1) is 0 Å². The molecule has 0 spiro atoms. The van der Waals surface area contributed by atoms with E-state index in [2.05, 4.69) is 48.7 Å². The van der Waals surface area contributed by atoms with Gasteiger partial charge >= 0.3 is 0 Å². The summed E-state index contributed by atoms with van der Waals surface area (Å²) in [5, 5.41) is 6.93. The fourth-order valence-electron chi connectivity index (χ4n) is 2.16. The average Bonchev–Trinajstić information content (AvgIpc) is 2.82. The maximum Gasteiger partial charge on any atom is 0.0398 e. The van der Waals surface area contributed by atoms with Gasteiger partial charge in [0.2, 0.25) is 0 Å². The summed E-state index contributed by atoms with van der Waals surface area (Å²) in [6.45, 7) is 6.75. The fourth-order valence-corrected chi connectivity index (χ4v) is 2.16. The van der Waals surface area contributed by atoms with Crippen LogP contribution >= 0.6 is 0 Å². The molecular weight excluding hydrogens is 196 g/mol. The normalized spacial score (nSPS) is 22.0. The van der Waals surface area contributed by atoms with Gasteiger partial charge in [-0.25, -0.2) is 0 Å². The molecule has 1 aromatic carbocycles. The molecular formula is C14H22N2. The minimum atomic E-state index is 0.606. The largest absolute Gasteiger partial charge is 0.381 e. The summed E-state index contributed by atoms with van der Waals surface area (Å²) >= 11 is 0. The molecule has 2 atom stereocenters. The van der Waals surface area contributed by atoms with E-state index in [0.717, 1.165) is 13.1 Å². The fraction of sp³-hybridized carbons (Fsp3) is 0.571. The van der Waals surface area contributed by atoms with E-state index in [0.29, 0.717) is 12.0 Å². The third-order valence-electron chi connectivity index (χ3n) is 3.52. The molecule has 0 amide bonds. The molecule has 1 aliphatic heterocycles. The first-order valence-corrected chi connectivity index (χ1v) is 6.37. The van der Waals surface area contributed by atoms with E-state index in [1.165, 1.54) is 24.1 Å². The Morgan fingerprint density at radius 2 is 2.12 bits per heavy atom. The third-order valence-corrected chi connectivity index (χ3v) is 3.52. The Bertz CT molecular complexity index is 312. The second kappa shape index (κ2) is 5.35. The molecule has 0 aliphatic carbocycles. The van der Waals surface area contributed by atoms with Gasteiger partial charge < -0.3 is 10.6 Å². The van der Waals surface area contributed by atoms with E-state index in [-0.39, 0.29) is 0 Å². The summed E-state index contributed by atoms with van der Waals surface area (Å²) in [5.74, 6) is 0.669. The van der Waals surface area contributed by atoms with Crippen molar-refractivity contribution in [3.8, 4) is 0 Å². The van der Waals surface area contributed by atoms with Crippen molar-refractivity contribution in [1.29, 1.82) is 0 Å². The number of rotatable bonds is 4. The van der Waals surface area contributed by atoms with Crippen LogP contribution in [0.5, 0.6) is 0 Å². The second-order valence-electron chi connectivity index (χ2n) is 4.77. The summed E-state index contributed by atoms with van der Waals surface area (Å²) in [5.41, 5.74) is 2.69. The van der Waals surface area contributed by atoms with Crippen molar-refractivity contribution in [2.75, 3.05) is 18.4 Å². The Labute approximate surface area is 98.4 Å². The first kappa shape index (κ1) is 11.5. The van der Waals surface area contributed by atoms with Crippen molar-refractivity contribution in [2.24, 2.45) is 0 Å². The molecule has 0 radical (unpaired) electrons. The predicted octanol–water partition coefficient (Wildman–Crippen LogP) is 2.97. The lowest BCUT2D eigenvalue weighted by molar-refractivity contribution is 0.733. The quantitative estimate of drug-likeness (QED) is 0.812. The van der Waals surface area contributed by atoms with Crippen LogP contribution in [0.3, 0.4) is 0 Å². The molecule has 2 nitrogen and oxygen atoms in total. The van der Waals surface area contributed by atoms with Crippen LogP contribution in [-0.2, 0) is 0 Å². The van der Waals surface area contributed by atoms with Gasteiger partial charge in [-0.3, -0.25) is 0 Å². The van der Waals surface area contributed by atoms with E-state index in [1.807, 2.05) is 0 Å². The minimum absolute atomic E-state index is 0.606. The van der Waals surface area contributed by atoms with Gasteiger partial charge in [-0.1, -0.05) is 26.0 Å². The first-order valence-electron chi connectivity index (χ1n) is 6.37. The molecule has 2 unspecified atom stereocenters. The number of benzene rings is 1. The number of hydrogen-bond acceptors (Lipinski definition) is 2. The van der Waals surface area contributed by atoms with Crippen LogP contribution in [0.15, 0.2) is 24.3 Å². The highest BCUT2D eigenvalue weighted by molar-refractivity contribution is 5.46. The zero-order valence-electron chi connectivity index (χ0n) is 10.3. The SMILES string of the molecule is CCC(C)c1ccc(NC2CCNC2)cc1. The summed E-state index contributed by atoms with van der Waals surface area (Å²) < 4.78 is 0. The Kier molecular flexibility index (Phi) is 3.83. The van der Waals surface area contributed by atoms with Gasteiger partial charge in [-0.15, -0.1) is 0 Å². The van der Waals surface area contributed by atoms with Crippen LogP contribution in [0.4, 0.5) is 5.69 Å². The van der Waals surface area contributed by atoms with Gasteiger partial charge in [0, 0.05) is 18.3 Å². The smallest absolute Gasteiger partial charge is 0.0398 e. The summed E-state index contributed by atoms with van der Waals surface area (Å²) in [7, 11) is 0. The van der Waals surface area contributed by atoms with Crippen LogP contribution in [0.1, 0.15) is 38.2 Å². The minimum Gasteiger partial charge on any atom is -0.381 e. The molecule has 16 heavy (non-hydrogen) atoms. The zero-order valence-corrected chi connectivity index (χ0v) is 10.3. The summed E-state index contributed by atoms with van der Waals surface area (Å²) in [4.78, 5) is 0. The molecule has 1 heterocycles. The lowest BCUT2D eigenvalue weighted by Gasteiger charge is -2.14. The number of nitrogens with one attached hydrogen (secondary N) is 2. The average molecular weight is 218 g/mol. The van der Waals surface area contributed by atoms with Crippen LogP contribution in [-0.4, -0.2) is 19.1 Å². The maximum absolute atomic E-state index is 3.56. The maximum atomic E-state index is 3.56. The van der Waals surface area contributed by atoms with Gasteiger partial charge in [-0.2, -0.15) is 0 Å². The lowest BCUT2D eigenvalue weighted by Crippen LogP contribution is -2.21. The van der Waals surface area contributed by atoms with E-state index in [9.17, 15) is 0 Å². The van der Waals surface area contributed by atoms with Crippen LogP contribution in [0, 0.1) is 0 Å². The molecule has 2 heteroatoms. The summed E-state index contributed by atoms with van der Waals surface area (Å²) in [6.07, 6.45) is 2.44. The molecule has 88 valence electrons. The molecule has 2 rings (SSSR count). The predicted molar refractivity (Wildman–Crippen MR) is 70.0 cm³/mol. The molecule has 1 fully saturated rings. The van der Waals surface area contributed by atoms with E-state index >= 15 is 0 Å². The van der Waals surface area contributed by atoms with Crippen molar-refractivity contribution in [3.05, 3.63) is 29.8 Å². The molecule has 0 aromatic heterocycles. The van der Waals surface area contributed by atoms with Crippen LogP contribution in [0.2, 0.25) is 0 Å². The molecule has 1 aliphatic rings. The van der Waals surface area contributed by atoms with E-state index < -0.39 is 0 Å². The number of hydrogen-bond donors (Lipinski definition) is 2. The van der Waals surface area contributed by atoms with Gasteiger partial charge in [0.15, 0.2) is 0 Å². The van der Waals surface area contributed by atoms with Crippen molar-refractivity contribution >= 4 is 5.69 Å². The van der Waals surface area contributed by atoms with E-state index in [1.54, 1.807) is 0 Å². The van der Waals surface area contributed by atoms with E-state index in [4.69, 9.17) is 0 Å². The third kappa shape index (κ3) is 2.76. The molecule has 1 aromatic rings. The monoisotopic (exact) mass is 218 g/mol. The first-order chi connectivity index (χ1) is 7.79. The van der Waals surface area contributed by atoms with Crippen molar-refractivity contribution < 1.29 is 0 Å². The summed E-state index contributed by atoms with van der Waals surface area (Å²) in [6, 6.07) is 9.52. The van der Waals surface area contributed by atoms with Crippen LogP contribution < -0.4 is 10.6 Å². The van der Waals surface area contributed by atoms with Crippen molar-refractivity contribution in [3.63, 3.8) is 0 Å². The van der Waals surface area contributed by atoms with Gasteiger partial charge in [-0.05, 0) is 43.0 Å².